The van der Waals surface area contributed by atoms with E-state index in [2.05, 4.69) is 16.9 Å². The Balaban J connectivity index is 2.32. The van der Waals surface area contributed by atoms with Crippen LogP contribution in [0.5, 0.6) is 5.88 Å². The smallest absolute Gasteiger partial charge is 0.212 e. The summed E-state index contributed by atoms with van der Waals surface area (Å²) >= 11 is 0. The summed E-state index contributed by atoms with van der Waals surface area (Å²) in [5.41, 5.74) is 7.71. The molecule has 0 atom stereocenters. The molecule has 5 heteroatoms. The Morgan fingerprint density at radius 3 is 2.76 bits per heavy atom. The van der Waals surface area contributed by atoms with Crippen LogP contribution in [0.3, 0.4) is 0 Å². The van der Waals surface area contributed by atoms with Gasteiger partial charge in [-0.25, -0.2) is 9.97 Å². The monoisotopic (exact) mass is 232 g/mol. The summed E-state index contributed by atoms with van der Waals surface area (Å²) in [5.74, 6) is 1.26. The van der Waals surface area contributed by atoms with Gasteiger partial charge in [0.1, 0.15) is 11.5 Å². The topological polar surface area (TPSA) is 66.0 Å². The van der Waals surface area contributed by atoms with Crippen molar-refractivity contribution in [2.45, 2.75) is 19.9 Å². The van der Waals surface area contributed by atoms with Crippen molar-refractivity contribution in [1.29, 1.82) is 0 Å². The molecule has 0 radical (unpaired) electrons. The number of methoxy groups -OCH3 is 1. The second-order valence-corrected chi connectivity index (χ2v) is 3.76. The number of hydrogen-bond donors (Lipinski definition) is 1. The molecule has 0 saturated heterocycles. The molecular weight excluding hydrogens is 216 g/mol. The molecule has 0 aliphatic carbocycles. The predicted molar refractivity (Wildman–Crippen MR) is 66.7 cm³/mol. The molecule has 0 fully saturated rings. The van der Waals surface area contributed by atoms with Gasteiger partial charge in [-0.3, -0.25) is 0 Å². The highest BCUT2D eigenvalue weighted by Gasteiger charge is 2.09. The van der Waals surface area contributed by atoms with E-state index in [0.29, 0.717) is 11.7 Å². The Labute approximate surface area is 100 Å². The minimum atomic E-state index is 0.584. The number of hydrogen-bond acceptors (Lipinski definition) is 4. The van der Waals surface area contributed by atoms with Gasteiger partial charge in [-0.2, -0.15) is 0 Å². The summed E-state index contributed by atoms with van der Waals surface area (Å²) in [6, 6.07) is 3.70. The van der Waals surface area contributed by atoms with Gasteiger partial charge >= 0.3 is 0 Å². The standard InChI is InChI=1S/C12H16N4O/c1-3-6-16-8-15-11(12(16)13)9-4-5-10(17-2)14-7-9/h4-5,7-8H,3,6,13H2,1-2H3. The predicted octanol–water partition coefficient (Wildman–Crippen LogP) is 1.95. The molecule has 0 unspecified atom stereocenters. The van der Waals surface area contributed by atoms with E-state index < -0.39 is 0 Å². The van der Waals surface area contributed by atoms with Gasteiger partial charge in [0, 0.05) is 24.4 Å². The first kappa shape index (κ1) is 11.4. The van der Waals surface area contributed by atoms with Crippen LogP contribution >= 0.6 is 0 Å². The van der Waals surface area contributed by atoms with Gasteiger partial charge in [-0.15, -0.1) is 0 Å². The van der Waals surface area contributed by atoms with Crippen LogP contribution in [0.2, 0.25) is 0 Å². The summed E-state index contributed by atoms with van der Waals surface area (Å²) in [6.45, 7) is 2.98. The third-order valence-electron chi connectivity index (χ3n) is 2.56. The average molecular weight is 232 g/mol. The largest absolute Gasteiger partial charge is 0.481 e. The van der Waals surface area contributed by atoms with Crippen LogP contribution in [0.1, 0.15) is 13.3 Å². The number of anilines is 1. The van der Waals surface area contributed by atoms with Crippen molar-refractivity contribution in [2.75, 3.05) is 12.8 Å². The number of nitrogens with zero attached hydrogens (tertiary/aromatic N) is 3. The molecule has 2 N–H and O–H groups in total. The van der Waals surface area contributed by atoms with E-state index in [1.807, 2.05) is 10.6 Å². The number of aryl methyl sites for hydroxylation is 1. The number of ether oxygens (including phenoxy) is 1. The maximum atomic E-state index is 6.03. The fraction of sp³-hybridized carbons (Fsp3) is 0.333. The van der Waals surface area contributed by atoms with Crippen molar-refractivity contribution in [3.63, 3.8) is 0 Å². The van der Waals surface area contributed by atoms with E-state index >= 15 is 0 Å². The minimum absolute atomic E-state index is 0.584. The van der Waals surface area contributed by atoms with Crippen LogP contribution in [0.4, 0.5) is 5.82 Å². The normalized spacial score (nSPS) is 10.5. The van der Waals surface area contributed by atoms with Crippen LogP contribution in [0.25, 0.3) is 11.3 Å². The highest BCUT2D eigenvalue weighted by molar-refractivity contribution is 5.69. The quantitative estimate of drug-likeness (QED) is 0.874. The van der Waals surface area contributed by atoms with E-state index in [1.165, 1.54) is 0 Å². The van der Waals surface area contributed by atoms with Gasteiger partial charge in [-0.1, -0.05) is 6.92 Å². The van der Waals surface area contributed by atoms with Crippen molar-refractivity contribution in [2.24, 2.45) is 0 Å². The summed E-state index contributed by atoms with van der Waals surface area (Å²) in [5, 5.41) is 0. The molecule has 0 bridgehead atoms. The fourth-order valence-corrected chi connectivity index (χ4v) is 1.67. The summed E-state index contributed by atoms with van der Waals surface area (Å²) in [4.78, 5) is 8.46. The first-order valence-electron chi connectivity index (χ1n) is 5.57. The van der Waals surface area contributed by atoms with Gasteiger partial charge in [0.2, 0.25) is 5.88 Å². The number of nitrogen functional groups attached to an aromatic ring is 1. The lowest BCUT2D eigenvalue weighted by atomic mass is 10.2. The van der Waals surface area contributed by atoms with Gasteiger partial charge in [0.05, 0.1) is 13.4 Å². The molecule has 0 amide bonds. The molecule has 0 aromatic carbocycles. The van der Waals surface area contributed by atoms with Crippen LogP contribution in [-0.2, 0) is 6.54 Å². The second-order valence-electron chi connectivity index (χ2n) is 3.76. The lowest BCUT2D eigenvalue weighted by Gasteiger charge is -2.04. The van der Waals surface area contributed by atoms with E-state index in [9.17, 15) is 0 Å². The molecule has 2 heterocycles. The molecular formula is C12H16N4O. The molecule has 2 rings (SSSR count). The molecule has 17 heavy (non-hydrogen) atoms. The van der Waals surface area contributed by atoms with Crippen LogP contribution in [-0.4, -0.2) is 21.6 Å². The Morgan fingerprint density at radius 1 is 1.35 bits per heavy atom. The third kappa shape index (κ3) is 2.22. The minimum Gasteiger partial charge on any atom is -0.481 e. The molecule has 2 aromatic rings. The lowest BCUT2D eigenvalue weighted by Crippen LogP contribution is -2.01. The zero-order valence-electron chi connectivity index (χ0n) is 10.1. The Morgan fingerprint density at radius 2 is 2.18 bits per heavy atom. The number of imidazole rings is 1. The maximum Gasteiger partial charge on any atom is 0.212 e. The lowest BCUT2D eigenvalue weighted by molar-refractivity contribution is 0.398. The first-order valence-corrected chi connectivity index (χ1v) is 5.57. The SMILES string of the molecule is CCCn1cnc(-c2ccc(OC)nc2)c1N. The average Bonchev–Trinajstić information content (AvgIpc) is 2.72. The summed E-state index contributed by atoms with van der Waals surface area (Å²) < 4.78 is 6.96. The van der Waals surface area contributed by atoms with Gasteiger partial charge in [-0.05, 0) is 12.5 Å². The van der Waals surface area contributed by atoms with Crippen LogP contribution in [0.15, 0.2) is 24.7 Å². The molecule has 2 aromatic heterocycles. The summed E-state index contributed by atoms with van der Waals surface area (Å²) in [6.07, 6.45) is 4.51. The highest BCUT2D eigenvalue weighted by Crippen LogP contribution is 2.24. The van der Waals surface area contributed by atoms with E-state index in [-0.39, 0.29) is 0 Å². The summed E-state index contributed by atoms with van der Waals surface area (Å²) in [7, 11) is 1.59. The maximum absolute atomic E-state index is 6.03. The Bertz CT molecular complexity index is 490. The van der Waals surface area contributed by atoms with Crippen LogP contribution < -0.4 is 10.5 Å². The Hall–Kier alpha value is -2.04. The molecule has 0 saturated carbocycles. The third-order valence-corrected chi connectivity index (χ3v) is 2.56. The van der Waals surface area contributed by atoms with Crippen molar-refractivity contribution >= 4 is 5.82 Å². The zero-order chi connectivity index (χ0) is 12.3. The molecule has 0 aliphatic heterocycles. The Kier molecular flexibility index (Phi) is 3.27. The van der Waals surface area contributed by atoms with Crippen LogP contribution in [0, 0.1) is 0 Å². The van der Waals surface area contributed by atoms with Crippen molar-refractivity contribution < 1.29 is 4.74 Å². The molecule has 0 spiro atoms. The first-order chi connectivity index (χ1) is 8.26. The van der Waals surface area contributed by atoms with Gasteiger partial charge < -0.3 is 15.0 Å². The van der Waals surface area contributed by atoms with E-state index in [1.54, 1.807) is 25.7 Å². The van der Waals surface area contributed by atoms with Crippen molar-refractivity contribution in [3.05, 3.63) is 24.7 Å². The van der Waals surface area contributed by atoms with Gasteiger partial charge in [0.25, 0.3) is 0 Å². The molecule has 5 nitrogen and oxygen atoms in total. The molecule has 90 valence electrons. The van der Waals surface area contributed by atoms with Crippen molar-refractivity contribution in [3.8, 4) is 17.1 Å². The van der Waals surface area contributed by atoms with Gasteiger partial charge in [0.15, 0.2) is 0 Å². The van der Waals surface area contributed by atoms with E-state index in [4.69, 9.17) is 10.5 Å². The number of pyridine rings is 1. The zero-order valence-corrected chi connectivity index (χ0v) is 10.1. The van der Waals surface area contributed by atoms with Crippen molar-refractivity contribution in [1.82, 2.24) is 14.5 Å². The number of nitrogens with two attached hydrogens (primary N) is 1. The van der Waals surface area contributed by atoms with E-state index in [0.717, 1.165) is 24.2 Å². The number of rotatable bonds is 4. The second kappa shape index (κ2) is 4.86. The highest BCUT2D eigenvalue weighted by atomic mass is 16.5. The number of aromatic nitrogens is 3. The fourth-order valence-electron chi connectivity index (χ4n) is 1.67. The molecule has 0 aliphatic rings.